The monoisotopic (exact) mass is 1550 g/mol. The van der Waals surface area contributed by atoms with Crippen LogP contribution in [-0.2, 0) is 65.4 Å². The Labute approximate surface area is 651 Å². The zero-order valence-electron chi connectivity index (χ0n) is 69.9. The molecule has 3 unspecified atom stereocenters. The molecule has 0 bridgehead atoms. The normalized spacial score (nSPS) is 14.1. The quantitative estimate of drug-likeness (QED) is 0.0222. The fourth-order valence-electron chi connectivity index (χ4n) is 13.5. The van der Waals surface area contributed by atoms with E-state index < -0.39 is 97.5 Å². The highest BCUT2D eigenvalue weighted by molar-refractivity contribution is 7.47. The number of esters is 4. The Hall–Kier alpha value is -1.94. The molecule has 0 rings (SSSR count). The number of rotatable bonds is 85. The first-order chi connectivity index (χ1) is 51.3. The first-order valence-electron chi connectivity index (χ1n) is 44.9. The van der Waals surface area contributed by atoms with Crippen LogP contribution in [0.3, 0.4) is 0 Å². The van der Waals surface area contributed by atoms with Crippen LogP contribution in [0, 0.1) is 17.8 Å². The minimum atomic E-state index is -4.97. The summed E-state index contributed by atoms with van der Waals surface area (Å²) >= 11 is 0. The fraction of sp³-hybridized carbons (Fsp3) is 0.954. The van der Waals surface area contributed by atoms with Gasteiger partial charge in [-0.3, -0.25) is 37.3 Å². The molecule has 0 saturated heterocycles. The van der Waals surface area contributed by atoms with Gasteiger partial charge in [-0.05, 0) is 43.4 Å². The van der Waals surface area contributed by atoms with Gasteiger partial charge in [-0.15, -0.1) is 0 Å². The summed E-state index contributed by atoms with van der Waals surface area (Å²) < 4.78 is 68.9. The molecule has 6 atom stereocenters. The predicted molar refractivity (Wildman–Crippen MR) is 437 cm³/mol. The van der Waals surface area contributed by atoms with Crippen LogP contribution in [0.4, 0.5) is 0 Å². The molecule has 0 aliphatic carbocycles. The third kappa shape index (κ3) is 78.7. The summed E-state index contributed by atoms with van der Waals surface area (Å²) in [4.78, 5) is 73.3. The highest BCUT2D eigenvalue weighted by Crippen LogP contribution is 2.45. The van der Waals surface area contributed by atoms with Gasteiger partial charge in [0.05, 0.1) is 26.4 Å². The van der Waals surface area contributed by atoms with Crippen molar-refractivity contribution in [1.82, 2.24) is 0 Å². The van der Waals surface area contributed by atoms with Gasteiger partial charge in [-0.1, -0.05) is 408 Å². The number of unbranched alkanes of at least 4 members (excludes halogenated alkanes) is 52. The molecule has 0 spiro atoms. The van der Waals surface area contributed by atoms with Crippen LogP contribution in [0.1, 0.15) is 459 Å². The van der Waals surface area contributed by atoms with Crippen LogP contribution in [0.2, 0.25) is 0 Å². The van der Waals surface area contributed by atoms with Gasteiger partial charge in [0.2, 0.25) is 0 Å². The second-order valence-corrected chi connectivity index (χ2v) is 35.4. The number of ether oxygens (including phenoxy) is 4. The van der Waals surface area contributed by atoms with Gasteiger partial charge in [0, 0.05) is 25.7 Å². The standard InChI is InChI=1S/C87H170O17P2/c1-8-10-11-12-13-14-15-16-17-18-19-20-24-27-30-33-39-47-54-61-68-84(89)97-74-82(103-86(91)70-63-56-49-40-34-31-28-25-22-21-23-26-29-32-37-44-51-58-65-78(3)4)76-101-105(93,94)99-72-81(88)73-100-106(95,96)102-77-83(75-98-85(90)69-62-55-48-43-42-46-53-60-67-80(7)9-2)104-87(92)71-64-57-50-41-36-35-38-45-52-59-66-79(5)6/h78-83,88H,8-77H2,1-7H3,(H,93,94)(H,95,96)/t80?,81-,82-,83-/m1/s1. The van der Waals surface area contributed by atoms with Gasteiger partial charge in [0.15, 0.2) is 12.2 Å². The highest BCUT2D eigenvalue weighted by atomic mass is 31.2. The Morgan fingerprint density at radius 2 is 0.481 bits per heavy atom. The molecular weight excluding hydrogens is 1380 g/mol. The van der Waals surface area contributed by atoms with Crippen molar-refractivity contribution < 1.29 is 80.2 Å². The van der Waals surface area contributed by atoms with E-state index >= 15 is 0 Å². The smallest absolute Gasteiger partial charge is 0.462 e. The maximum Gasteiger partial charge on any atom is 0.472 e. The van der Waals surface area contributed by atoms with Gasteiger partial charge < -0.3 is 33.8 Å². The van der Waals surface area contributed by atoms with E-state index in [2.05, 4.69) is 48.5 Å². The van der Waals surface area contributed by atoms with Crippen LogP contribution in [-0.4, -0.2) is 96.7 Å². The van der Waals surface area contributed by atoms with E-state index in [1.165, 1.54) is 270 Å². The third-order valence-electron chi connectivity index (χ3n) is 20.7. The van der Waals surface area contributed by atoms with E-state index in [1.54, 1.807) is 0 Å². The summed E-state index contributed by atoms with van der Waals surface area (Å²) in [6.07, 6.45) is 68.1. The van der Waals surface area contributed by atoms with Crippen molar-refractivity contribution in [3.63, 3.8) is 0 Å². The molecular formula is C87H170O17P2. The summed E-state index contributed by atoms with van der Waals surface area (Å²) in [5, 5.41) is 10.7. The lowest BCUT2D eigenvalue weighted by atomic mass is 9.99. The third-order valence-corrected chi connectivity index (χ3v) is 22.6. The number of aliphatic hydroxyl groups is 1. The zero-order chi connectivity index (χ0) is 77.9. The van der Waals surface area contributed by atoms with E-state index in [9.17, 15) is 43.2 Å². The topological polar surface area (TPSA) is 237 Å². The summed E-state index contributed by atoms with van der Waals surface area (Å²) in [6, 6.07) is 0. The maximum atomic E-state index is 13.2. The van der Waals surface area contributed by atoms with Gasteiger partial charge >= 0.3 is 39.5 Å². The van der Waals surface area contributed by atoms with E-state index in [-0.39, 0.29) is 25.7 Å². The van der Waals surface area contributed by atoms with Crippen molar-refractivity contribution in [1.29, 1.82) is 0 Å². The Balaban J connectivity index is 5.24. The number of aliphatic hydroxyl groups excluding tert-OH is 1. The molecule has 0 saturated carbocycles. The van der Waals surface area contributed by atoms with Gasteiger partial charge in [-0.2, -0.15) is 0 Å². The van der Waals surface area contributed by atoms with Crippen molar-refractivity contribution in [3.8, 4) is 0 Å². The highest BCUT2D eigenvalue weighted by Gasteiger charge is 2.31. The molecule has 630 valence electrons. The van der Waals surface area contributed by atoms with Crippen molar-refractivity contribution in [2.75, 3.05) is 39.6 Å². The maximum absolute atomic E-state index is 13.2. The first-order valence-corrected chi connectivity index (χ1v) is 47.9. The zero-order valence-corrected chi connectivity index (χ0v) is 71.7. The van der Waals surface area contributed by atoms with Gasteiger partial charge in [0.25, 0.3) is 0 Å². The molecule has 3 N–H and O–H groups in total. The molecule has 0 amide bonds. The number of carbonyl (C=O) groups excluding carboxylic acids is 4. The van der Waals surface area contributed by atoms with Crippen molar-refractivity contribution >= 4 is 39.5 Å². The lowest BCUT2D eigenvalue weighted by molar-refractivity contribution is -0.161. The molecule has 19 heteroatoms. The number of hydrogen-bond donors (Lipinski definition) is 3. The molecule has 0 aromatic heterocycles. The van der Waals surface area contributed by atoms with Gasteiger partial charge in [0.1, 0.15) is 19.3 Å². The van der Waals surface area contributed by atoms with Gasteiger partial charge in [-0.25, -0.2) is 9.13 Å². The summed E-state index contributed by atoms with van der Waals surface area (Å²) in [5.41, 5.74) is 0. The van der Waals surface area contributed by atoms with Crippen molar-refractivity contribution in [3.05, 3.63) is 0 Å². The molecule has 0 radical (unpaired) electrons. The Morgan fingerprint density at radius 1 is 0.274 bits per heavy atom. The number of hydrogen-bond acceptors (Lipinski definition) is 15. The van der Waals surface area contributed by atoms with E-state index in [0.29, 0.717) is 25.7 Å². The number of phosphoric ester groups is 2. The second kappa shape index (κ2) is 77.0. The van der Waals surface area contributed by atoms with Crippen molar-refractivity contribution in [2.24, 2.45) is 17.8 Å². The summed E-state index contributed by atoms with van der Waals surface area (Å²) in [7, 11) is -9.93. The molecule has 0 aliphatic heterocycles. The van der Waals surface area contributed by atoms with Crippen LogP contribution < -0.4 is 0 Å². The molecule has 0 heterocycles. The summed E-state index contributed by atoms with van der Waals surface area (Å²) in [6.45, 7) is 12.0. The van der Waals surface area contributed by atoms with E-state index in [1.807, 2.05) is 0 Å². The van der Waals surface area contributed by atoms with Crippen LogP contribution >= 0.6 is 15.6 Å². The Bertz CT molecular complexity index is 2050. The Kier molecular flexibility index (Phi) is 75.6. The lowest BCUT2D eigenvalue weighted by Gasteiger charge is -2.21. The average molecular weight is 1550 g/mol. The molecule has 0 fully saturated rings. The fourth-order valence-corrected chi connectivity index (χ4v) is 15.1. The number of phosphoric acid groups is 2. The van der Waals surface area contributed by atoms with E-state index in [0.717, 1.165) is 108 Å². The molecule has 0 aromatic carbocycles. The van der Waals surface area contributed by atoms with Crippen molar-refractivity contribution in [2.45, 2.75) is 478 Å². The average Bonchev–Trinajstić information content (AvgIpc) is 0.904. The largest absolute Gasteiger partial charge is 0.472 e. The van der Waals surface area contributed by atoms with Crippen LogP contribution in [0.25, 0.3) is 0 Å². The molecule has 0 aromatic rings. The molecule has 0 aliphatic rings. The van der Waals surface area contributed by atoms with Crippen LogP contribution in [0.5, 0.6) is 0 Å². The lowest BCUT2D eigenvalue weighted by Crippen LogP contribution is -2.30. The second-order valence-electron chi connectivity index (χ2n) is 32.5. The van der Waals surface area contributed by atoms with E-state index in [4.69, 9.17) is 37.0 Å². The Morgan fingerprint density at radius 3 is 0.717 bits per heavy atom. The SMILES string of the molecule is CCCCCCCCCCCCCCCCCCCCCCC(=O)OC[C@H](COP(=O)(O)OC[C@@H](O)COP(=O)(O)OC[C@@H](COC(=O)CCCCCCCCCCC(C)CC)OC(=O)CCCCCCCCCCCCC(C)C)OC(=O)CCCCCCCCCCCCCCCCCCCCC(C)C. The molecule has 106 heavy (non-hydrogen) atoms. The first kappa shape index (κ1) is 104. The predicted octanol–water partition coefficient (Wildman–Crippen LogP) is 26.5. The number of carbonyl (C=O) groups is 4. The summed E-state index contributed by atoms with van der Waals surface area (Å²) in [5.74, 6) is 0.245. The minimum Gasteiger partial charge on any atom is -0.462 e. The molecule has 17 nitrogen and oxygen atoms in total. The minimum absolute atomic E-state index is 0.106. The van der Waals surface area contributed by atoms with Crippen LogP contribution in [0.15, 0.2) is 0 Å².